The number of carbonyl (C=O) groups excluding carboxylic acids is 1. The molecule has 0 aromatic heterocycles. The topological polar surface area (TPSA) is 35.5 Å². The van der Waals surface area contributed by atoms with Crippen molar-refractivity contribution in [2.24, 2.45) is 0 Å². The monoisotopic (exact) mass is 316 g/mol. The summed E-state index contributed by atoms with van der Waals surface area (Å²) in [5, 5.41) is 0. The summed E-state index contributed by atoms with van der Waals surface area (Å²) in [5.74, 6) is 1.42. The molecule has 0 fully saturated rings. The van der Waals surface area contributed by atoms with Gasteiger partial charge >= 0.3 is 0 Å². The number of allylic oxidation sites excluding steroid dienone is 1. The van der Waals surface area contributed by atoms with Gasteiger partial charge in [-0.3, -0.25) is 4.79 Å². The highest BCUT2D eigenvalue weighted by molar-refractivity contribution is 6.26. The summed E-state index contributed by atoms with van der Waals surface area (Å²) in [4.78, 5) is 11.0. The second kappa shape index (κ2) is 8.25. The van der Waals surface area contributed by atoms with Crippen LogP contribution in [0.3, 0.4) is 0 Å². The van der Waals surface area contributed by atoms with Crippen LogP contribution >= 0.6 is 11.6 Å². The van der Waals surface area contributed by atoms with E-state index in [-0.39, 0.29) is 0 Å². The maximum Gasteiger partial charge on any atom is 0.147 e. The fraction of sp³-hybridized carbons (Fsp3) is 0.167. The molecule has 2 aromatic rings. The zero-order chi connectivity index (χ0) is 15.8. The molecular weight excluding hydrogens is 300 g/mol. The maximum absolute atomic E-state index is 11.0. The molecule has 0 bridgehead atoms. The molecule has 0 aliphatic rings. The van der Waals surface area contributed by atoms with Crippen LogP contribution < -0.4 is 9.47 Å². The lowest BCUT2D eigenvalue weighted by Gasteiger charge is -2.13. The van der Waals surface area contributed by atoms with Gasteiger partial charge in [-0.05, 0) is 23.8 Å². The molecule has 0 saturated carbocycles. The molecule has 22 heavy (non-hydrogen) atoms. The summed E-state index contributed by atoms with van der Waals surface area (Å²) >= 11 is 5.65. The lowest BCUT2D eigenvalue weighted by Crippen LogP contribution is -2.01. The van der Waals surface area contributed by atoms with Gasteiger partial charge < -0.3 is 9.47 Å². The van der Waals surface area contributed by atoms with Crippen molar-refractivity contribution in [3.8, 4) is 11.5 Å². The van der Waals surface area contributed by atoms with E-state index >= 15 is 0 Å². The van der Waals surface area contributed by atoms with Crippen molar-refractivity contribution in [2.75, 3.05) is 7.11 Å². The molecule has 2 aromatic carbocycles. The SMILES string of the molecule is COc1ccc(OCc2ccccc2)c(C/C(C=O)=C\Cl)c1. The maximum atomic E-state index is 11.0. The number of benzene rings is 2. The van der Waals surface area contributed by atoms with Gasteiger partial charge in [0.1, 0.15) is 24.4 Å². The first-order valence-corrected chi connectivity index (χ1v) is 7.28. The number of hydrogen-bond donors (Lipinski definition) is 0. The van der Waals surface area contributed by atoms with Crippen LogP contribution in [0.1, 0.15) is 11.1 Å². The van der Waals surface area contributed by atoms with E-state index in [1.165, 1.54) is 5.54 Å². The molecule has 114 valence electrons. The summed E-state index contributed by atoms with van der Waals surface area (Å²) in [5.41, 5.74) is 3.70. The average Bonchev–Trinajstić information content (AvgIpc) is 2.59. The summed E-state index contributed by atoms with van der Waals surface area (Å²) in [7, 11) is 1.60. The zero-order valence-electron chi connectivity index (χ0n) is 12.3. The predicted molar refractivity (Wildman–Crippen MR) is 87.5 cm³/mol. The van der Waals surface area contributed by atoms with E-state index in [2.05, 4.69) is 0 Å². The minimum absolute atomic E-state index is 0.397. The van der Waals surface area contributed by atoms with Crippen molar-refractivity contribution in [3.63, 3.8) is 0 Å². The van der Waals surface area contributed by atoms with Gasteiger partial charge in [-0.1, -0.05) is 41.9 Å². The standard InChI is InChI=1S/C18H17ClO3/c1-21-17-7-8-18(16(10-17)9-15(11-19)12-20)22-13-14-5-3-2-4-6-14/h2-8,10-12H,9,13H2,1H3/b15-11+. The third-order valence-corrected chi connectivity index (χ3v) is 3.47. The quantitative estimate of drug-likeness (QED) is 0.569. The zero-order valence-corrected chi connectivity index (χ0v) is 13.0. The number of rotatable bonds is 7. The Kier molecular flexibility index (Phi) is 6.04. The van der Waals surface area contributed by atoms with Crippen LogP contribution in [0.4, 0.5) is 0 Å². The number of aldehydes is 1. The third kappa shape index (κ3) is 4.37. The van der Waals surface area contributed by atoms with Gasteiger partial charge in [0.25, 0.3) is 0 Å². The fourth-order valence-electron chi connectivity index (χ4n) is 2.02. The van der Waals surface area contributed by atoms with Crippen LogP contribution in [-0.2, 0) is 17.8 Å². The molecule has 0 heterocycles. The predicted octanol–water partition coefficient (Wildman–Crippen LogP) is 4.14. The molecule has 0 unspecified atom stereocenters. The Bertz CT molecular complexity index is 651. The number of hydrogen-bond acceptors (Lipinski definition) is 3. The Morgan fingerprint density at radius 2 is 1.95 bits per heavy atom. The Morgan fingerprint density at radius 1 is 1.18 bits per heavy atom. The Labute approximate surface area is 135 Å². The van der Waals surface area contributed by atoms with Crippen molar-refractivity contribution in [1.29, 1.82) is 0 Å². The molecule has 2 rings (SSSR count). The van der Waals surface area contributed by atoms with Crippen LogP contribution in [0.2, 0.25) is 0 Å². The molecule has 0 radical (unpaired) electrons. The van der Waals surface area contributed by atoms with E-state index in [1.54, 1.807) is 7.11 Å². The molecule has 0 amide bonds. The summed E-state index contributed by atoms with van der Waals surface area (Å²) in [6, 6.07) is 15.4. The van der Waals surface area contributed by atoms with E-state index in [4.69, 9.17) is 21.1 Å². The second-order valence-corrected chi connectivity index (χ2v) is 4.94. The minimum Gasteiger partial charge on any atom is -0.497 e. The highest BCUT2D eigenvalue weighted by Crippen LogP contribution is 2.27. The van der Waals surface area contributed by atoms with Gasteiger partial charge in [0, 0.05) is 23.1 Å². The molecule has 0 aliphatic heterocycles. The van der Waals surface area contributed by atoms with Gasteiger partial charge in [-0.2, -0.15) is 0 Å². The Morgan fingerprint density at radius 3 is 2.59 bits per heavy atom. The molecule has 0 atom stereocenters. The van der Waals surface area contributed by atoms with Gasteiger partial charge in [0.2, 0.25) is 0 Å². The summed E-state index contributed by atoms with van der Waals surface area (Å²) in [6.45, 7) is 0.460. The van der Waals surface area contributed by atoms with E-state index < -0.39 is 0 Å². The highest BCUT2D eigenvalue weighted by Gasteiger charge is 2.09. The number of methoxy groups -OCH3 is 1. The highest BCUT2D eigenvalue weighted by atomic mass is 35.5. The van der Waals surface area contributed by atoms with Crippen molar-refractivity contribution < 1.29 is 14.3 Å². The van der Waals surface area contributed by atoms with E-state index in [0.29, 0.717) is 30.1 Å². The molecule has 0 saturated heterocycles. The smallest absolute Gasteiger partial charge is 0.147 e. The van der Waals surface area contributed by atoms with Gasteiger partial charge in [-0.15, -0.1) is 0 Å². The van der Waals surface area contributed by atoms with Gasteiger partial charge in [0.15, 0.2) is 0 Å². The van der Waals surface area contributed by atoms with E-state index in [9.17, 15) is 4.79 Å². The molecule has 4 heteroatoms. The Balaban J connectivity index is 2.20. The van der Waals surface area contributed by atoms with Crippen LogP contribution in [0, 0.1) is 0 Å². The van der Waals surface area contributed by atoms with Crippen molar-refractivity contribution in [3.05, 3.63) is 70.8 Å². The van der Waals surface area contributed by atoms with Gasteiger partial charge in [0.05, 0.1) is 7.11 Å². The second-order valence-electron chi connectivity index (χ2n) is 4.73. The van der Waals surface area contributed by atoms with Gasteiger partial charge in [-0.25, -0.2) is 0 Å². The minimum atomic E-state index is 0.397. The molecule has 0 N–H and O–H groups in total. The third-order valence-electron chi connectivity index (χ3n) is 3.19. The lowest BCUT2D eigenvalue weighted by atomic mass is 10.1. The first-order chi connectivity index (χ1) is 10.8. The van der Waals surface area contributed by atoms with Crippen molar-refractivity contribution >= 4 is 17.9 Å². The fourth-order valence-corrected chi connectivity index (χ4v) is 2.15. The van der Waals surface area contributed by atoms with Crippen molar-refractivity contribution in [1.82, 2.24) is 0 Å². The van der Waals surface area contributed by atoms with Crippen LogP contribution in [0.5, 0.6) is 11.5 Å². The number of halogens is 1. The average molecular weight is 317 g/mol. The first-order valence-electron chi connectivity index (χ1n) is 6.85. The largest absolute Gasteiger partial charge is 0.497 e. The molecule has 0 spiro atoms. The summed E-state index contributed by atoms with van der Waals surface area (Å²) < 4.78 is 11.1. The molecule has 3 nitrogen and oxygen atoms in total. The van der Waals surface area contributed by atoms with E-state index in [1.807, 2.05) is 48.5 Å². The molecule has 0 aliphatic carbocycles. The Hall–Kier alpha value is -2.26. The number of ether oxygens (including phenoxy) is 2. The normalized spacial score (nSPS) is 11.1. The lowest BCUT2D eigenvalue weighted by molar-refractivity contribution is -0.105. The van der Waals surface area contributed by atoms with Crippen LogP contribution in [-0.4, -0.2) is 13.4 Å². The van der Waals surface area contributed by atoms with Crippen LogP contribution in [0.25, 0.3) is 0 Å². The molecular formula is C18H17ClO3. The first kappa shape index (κ1) is 16.1. The number of carbonyl (C=O) groups is 1. The van der Waals surface area contributed by atoms with Crippen molar-refractivity contribution in [2.45, 2.75) is 13.0 Å². The van der Waals surface area contributed by atoms with E-state index in [0.717, 1.165) is 17.4 Å². The summed E-state index contributed by atoms with van der Waals surface area (Å²) in [6.07, 6.45) is 1.14. The van der Waals surface area contributed by atoms with Crippen LogP contribution in [0.15, 0.2) is 59.6 Å².